The van der Waals surface area contributed by atoms with Crippen LogP contribution in [0.25, 0.3) is 0 Å². The van der Waals surface area contributed by atoms with Crippen LogP contribution < -0.4 is 5.32 Å². The molecule has 0 heterocycles. The topological polar surface area (TPSA) is 142 Å². The monoisotopic (exact) mass is 293 g/mol. The average Bonchev–Trinajstić information content (AvgIpc) is 2.34. The highest BCUT2D eigenvalue weighted by Crippen LogP contribution is 1.92. The van der Waals surface area contributed by atoms with Crippen LogP contribution in [-0.4, -0.2) is 72.2 Å². The van der Waals surface area contributed by atoms with Crippen molar-refractivity contribution in [3.63, 3.8) is 0 Å². The Morgan fingerprint density at radius 3 is 1.65 bits per heavy atom. The summed E-state index contributed by atoms with van der Waals surface area (Å²) in [6.07, 6.45) is -0.295. The van der Waals surface area contributed by atoms with E-state index >= 15 is 0 Å². The lowest BCUT2D eigenvalue weighted by Crippen LogP contribution is -2.40. The van der Waals surface area contributed by atoms with Gasteiger partial charge in [0.2, 0.25) is 0 Å². The molecule has 9 heteroatoms. The molecule has 0 fully saturated rings. The molecule has 0 saturated carbocycles. The first-order valence-electron chi connectivity index (χ1n) is 5.96. The predicted octanol–water partition coefficient (Wildman–Crippen LogP) is -0.988. The molecule has 0 bridgehead atoms. The van der Waals surface area contributed by atoms with Crippen LogP contribution in [0.3, 0.4) is 0 Å². The zero-order valence-corrected chi connectivity index (χ0v) is 10.9. The predicted molar refractivity (Wildman–Crippen MR) is 65.6 cm³/mol. The number of hydrogen-bond acceptors (Lipinski definition) is 6. The summed E-state index contributed by atoms with van der Waals surface area (Å²) >= 11 is 0. The van der Waals surface area contributed by atoms with E-state index in [1.807, 2.05) is 0 Å². The van der Waals surface area contributed by atoms with Crippen molar-refractivity contribution in [3.8, 4) is 0 Å². The van der Waals surface area contributed by atoms with Crippen molar-refractivity contribution in [3.05, 3.63) is 0 Å². The van der Waals surface area contributed by atoms with Crippen LogP contribution >= 0.6 is 0 Å². The molecule has 0 aromatic heterocycles. The summed E-state index contributed by atoms with van der Waals surface area (Å²) in [7, 11) is 0. The van der Waals surface area contributed by atoms with Crippen LogP contribution in [-0.2, 0) is 23.9 Å². The number of carboxylic acid groups (broad SMARTS) is 3. The molecular weight excluding hydrogens is 274 g/mol. The first-order valence-corrected chi connectivity index (χ1v) is 5.96. The Kier molecular flexibility index (Phi) is 10.2. The van der Waals surface area contributed by atoms with Crippen LogP contribution in [0.4, 0.5) is 0 Å². The zero-order chi connectivity index (χ0) is 15.4. The van der Waals surface area contributed by atoms with E-state index in [4.69, 9.17) is 24.8 Å². The smallest absolute Gasteiger partial charge is 0.317 e. The Morgan fingerprint density at radius 1 is 0.850 bits per heavy atom. The standard InChI is InChI=1S/C11H19NO8/c13-9(14)1-3-19-6-8(12-5-11(17)18)7-20-4-2-10(15)16/h8,12H,1-7H2,(H,13,14)(H,15,16)(H,17,18). The fourth-order valence-electron chi connectivity index (χ4n) is 1.17. The first kappa shape index (κ1) is 18.3. The van der Waals surface area contributed by atoms with Crippen LogP contribution in [0.5, 0.6) is 0 Å². The molecule has 0 radical (unpaired) electrons. The van der Waals surface area contributed by atoms with Gasteiger partial charge in [0.05, 0.1) is 51.9 Å². The third-order valence-electron chi connectivity index (χ3n) is 2.10. The molecule has 0 spiro atoms. The number of carboxylic acids is 3. The van der Waals surface area contributed by atoms with Crippen molar-refractivity contribution >= 4 is 17.9 Å². The Hall–Kier alpha value is -1.71. The van der Waals surface area contributed by atoms with E-state index in [1.165, 1.54) is 0 Å². The van der Waals surface area contributed by atoms with Gasteiger partial charge in [-0.05, 0) is 0 Å². The number of hydrogen-bond donors (Lipinski definition) is 4. The molecule has 0 aromatic carbocycles. The summed E-state index contributed by atoms with van der Waals surface area (Å²) in [6.45, 7) is -0.123. The molecule has 0 aliphatic carbocycles. The lowest BCUT2D eigenvalue weighted by Gasteiger charge is -2.17. The van der Waals surface area contributed by atoms with Gasteiger partial charge in [0, 0.05) is 0 Å². The van der Waals surface area contributed by atoms with E-state index in [0.717, 1.165) is 0 Å². The largest absolute Gasteiger partial charge is 0.481 e. The van der Waals surface area contributed by atoms with E-state index < -0.39 is 23.9 Å². The summed E-state index contributed by atoms with van der Waals surface area (Å²) in [4.78, 5) is 31.0. The second-order valence-electron chi connectivity index (χ2n) is 3.91. The third kappa shape index (κ3) is 12.7. The quantitative estimate of drug-likeness (QED) is 0.315. The normalized spacial score (nSPS) is 10.7. The van der Waals surface area contributed by atoms with E-state index in [0.29, 0.717) is 0 Å². The van der Waals surface area contributed by atoms with Crippen molar-refractivity contribution in [2.75, 3.05) is 33.0 Å². The number of aliphatic carboxylic acids is 3. The molecule has 4 N–H and O–H groups in total. The SMILES string of the molecule is O=C(O)CCOCC(COCCC(=O)O)NCC(=O)O. The van der Waals surface area contributed by atoms with Gasteiger partial charge >= 0.3 is 17.9 Å². The third-order valence-corrected chi connectivity index (χ3v) is 2.10. The molecule has 0 aliphatic rings. The Bertz CT molecular complexity index is 298. The minimum absolute atomic E-state index is 0.00963. The molecule has 0 saturated heterocycles. The summed E-state index contributed by atoms with van der Waals surface area (Å²) in [5.41, 5.74) is 0. The fraction of sp³-hybridized carbons (Fsp3) is 0.727. The number of carbonyl (C=O) groups is 3. The van der Waals surface area contributed by atoms with Crippen molar-refractivity contribution in [1.29, 1.82) is 0 Å². The van der Waals surface area contributed by atoms with Crippen molar-refractivity contribution in [2.24, 2.45) is 0 Å². The van der Waals surface area contributed by atoms with Gasteiger partial charge in [0.25, 0.3) is 0 Å². The average molecular weight is 293 g/mol. The van der Waals surface area contributed by atoms with E-state index in [-0.39, 0.29) is 45.8 Å². The molecule has 0 rings (SSSR count). The van der Waals surface area contributed by atoms with Gasteiger partial charge in [0.1, 0.15) is 0 Å². The van der Waals surface area contributed by atoms with E-state index in [2.05, 4.69) is 5.32 Å². The Labute approximate surface area is 115 Å². The second-order valence-corrected chi connectivity index (χ2v) is 3.91. The molecule has 0 aliphatic heterocycles. The lowest BCUT2D eigenvalue weighted by molar-refractivity contribution is -0.139. The molecule has 20 heavy (non-hydrogen) atoms. The molecule has 0 aromatic rings. The minimum atomic E-state index is -1.05. The second kappa shape index (κ2) is 11.1. The van der Waals surface area contributed by atoms with Crippen LogP contribution in [0.1, 0.15) is 12.8 Å². The van der Waals surface area contributed by atoms with Gasteiger partial charge in [-0.25, -0.2) is 0 Å². The summed E-state index contributed by atoms with van der Waals surface area (Å²) in [5, 5.41) is 28.1. The summed E-state index contributed by atoms with van der Waals surface area (Å²) < 4.78 is 10.2. The first-order chi connectivity index (χ1) is 9.41. The molecular formula is C11H19NO8. The van der Waals surface area contributed by atoms with Crippen molar-refractivity contribution in [1.82, 2.24) is 5.32 Å². The van der Waals surface area contributed by atoms with E-state index in [9.17, 15) is 14.4 Å². The van der Waals surface area contributed by atoms with Crippen LogP contribution in [0.2, 0.25) is 0 Å². The molecule has 116 valence electrons. The van der Waals surface area contributed by atoms with Gasteiger partial charge in [-0.2, -0.15) is 0 Å². The summed E-state index contributed by atoms with van der Waals surface area (Å²) in [6, 6.07) is -0.450. The van der Waals surface area contributed by atoms with Gasteiger partial charge in [0.15, 0.2) is 0 Å². The zero-order valence-electron chi connectivity index (χ0n) is 10.9. The highest BCUT2D eigenvalue weighted by Gasteiger charge is 2.11. The number of nitrogens with one attached hydrogen (secondary N) is 1. The maximum atomic E-state index is 10.4. The van der Waals surface area contributed by atoms with Gasteiger partial charge in [-0.3, -0.25) is 19.7 Å². The van der Waals surface area contributed by atoms with Crippen molar-refractivity contribution < 1.29 is 39.2 Å². The number of rotatable bonds is 13. The highest BCUT2D eigenvalue weighted by atomic mass is 16.5. The maximum Gasteiger partial charge on any atom is 0.317 e. The van der Waals surface area contributed by atoms with Crippen LogP contribution in [0, 0.1) is 0 Å². The molecule has 0 amide bonds. The molecule has 0 unspecified atom stereocenters. The fourth-order valence-corrected chi connectivity index (χ4v) is 1.17. The molecule has 0 atom stereocenters. The van der Waals surface area contributed by atoms with Crippen LogP contribution in [0.15, 0.2) is 0 Å². The summed E-state index contributed by atoms with van der Waals surface area (Å²) in [5.74, 6) is -3.03. The van der Waals surface area contributed by atoms with Crippen molar-refractivity contribution in [2.45, 2.75) is 18.9 Å². The Morgan fingerprint density at radius 2 is 1.30 bits per heavy atom. The lowest BCUT2D eigenvalue weighted by atomic mass is 10.3. The molecule has 9 nitrogen and oxygen atoms in total. The van der Waals surface area contributed by atoms with E-state index in [1.54, 1.807) is 0 Å². The minimum Gasteiger partial charge on any atom is -0.481 e. The van der Waals surface area contributed by atoms with Gasteiger partial charge < -0.3 is 24.8 Å². The highest BCUT2D eigenvalue weighted by molar-refractivity contribution is 5.69. The number of ether oxygens (including phenoxy) is 2. The Balaban J connectivity index is 3.90. The van der Waals surface area contributed by atoms with Gasteiger partial charge in [-0.1, -0.05) is 0 Å². The maximum absolute atomic E-state index is 10.4. The van der Waals surface area contributed by atoms with Gasteiger partial charge in [-0.15, -0.1) is 0 Å².